The van der Waals surface area contributed by atoms with Crippen LogP contribution in [0.3, 0.4) is 0 Å². The molecular weight excluding hydrogens is 725 g/mol. The highest BCUT2D eigenvalue weighted by Gasteiger charge is 2.37. The van der Waals surface area contributed by atoms with Crippen molar-refractivity contribution in [1.29, 1.82) is 0 Å². The maximum Gasteiger partial charge on any atom is 0.0582 e. The lowest BCUT2D eigenvalue weighted by atomic mass is 9.74. The van der Waals surface area contributed by atoms with E-state index in [2.05, 4.69) is 231 Å². The van der Waals surface area contributed by atoms with Crippen molar-refractivity contribution in [3.05, 3.63) is 216 Å². The van der Waals surface area contributed by atoms with Crippen molar-refractivity contribution < 1.29 is 0 Å². The second-order valence-corrected chi connectivity index (χ2v) is 17.7. The van der Waals surface area contributed by atoms with Crippen molar-refractivity contribution in [1.82, 2.24) is 4.57 Å². The van der Waals surface area contributed by atoms with Crippen LogP contribution in [0.4, 0.5) is 17.1 Å². The topological polar surface area (TPSA) is 8.17 Å². The molecule has 12 rings (SSSR count). The number of nitrogens with zero attached hydrogens (tertiary/aromatic N) is 2. The molecule has 0 amide bonds. The van der Waals surface area contributed by atoms with E-state index in [1.165, 1.54) is 93.9 Å². The molecule has 9 aromatic carbocycles. The van der Waals surface area contributed by atoms with E-state index in [0.717, 1.165) is 17.1 Å². The van der Waals surface area contributed by atoms with Crippen LogP contribution in [-0.4, -0.2) is 4.57 Å². The van der Waals surface area contributed by atoms with Gasteiger partial charge in [0.15, 0.2) is 0 Å². The Labute approximate surface area is 351 Å². The van der Waals surface area contributed by atoms with E-state index in [0.29, 0.717) is 0 Å². The molecule has 2 heterocycles. The van der Waals surface area contributed by atoms with Crippen LogP contribution in [-0.2, 0) is 10.8 Å². The summed E-state index contributed by atoms with van der Waals surface area (Å²) >= 11 is 0. The molecule has 10 aromatic rings. The Morgan fingerprint density at radius 1 is 0.367 bits per heavy atom. The molecule has 286 valence electrons. The Kier molecular flexibility index (Phi) is 7.36. The first-order valence-electron chi connectivity index (χ1n) is 21.2. The molecule has 0 saturated carbocycles. The van der Waals surface area contributed by atoms with Crippen molar-refractivity contribution in [2.24, 2.45) is 0 Å². The molecule has 2 heteroatoms. The minimum absolute atomic E-state index is 0.0685. The number of hydrogen-bond donors (Lipinski definition) is 0. The Morgan fingerprint density at radius 3 is 1.70 bits per heavy atom. The van der Waals surface area contributed by atoms with Crippen LogP contribution in [0.1, 0.15) is 49.9 Å². The zero-order chi connectivity index (χ0) is 40.3. The summed E-state index contributed by atoms with van der Waals surface area (Å²) in [4.78, 5) is 2.37. The second-order valence-electron chi connectivity index (χ2n) is 17.7. The minimum Gasteiger partial charge on any atom is -0.310 e. The summed E-state index contributed by atoms with van der Waals surface area (Å²) in [5.41, 5.74) is 20.2. The van der Waals surface area contributed by atoms with Crippen LogP contribution in [0.25, 0.3) is 71.6 Å². The zero-order valence-corrected chi connectivity index (χ0v) is 34.4. The predicted octanol–water partition coefficient (Wildman–Crippen LogP) is 15.7. The van der Waals surface area contributed by atoms with Gasteiger partial charge in [-0.1, -0.05) is 155 Å². The third-order valence-corrected chi connectivity index (χ3v) is 13.8. The van der Waals surface area contributed by atoms with Gasteiger partial charge in [0.2, 0.25) is 0 Å². The highest BCUT2D eigenvalue weighted by Crippen LogP contribution is 2.52. The molecule has 60 heavy (non-hydrogen) atoms. The van der Waals surface area contributed by atoms with E-state index >= 15 is 0 Å². The number of benzene rings is 9. The maximum atomic E-state index is 2.54. The van der Waals surface area contributed by atoms with Crippen LogP contribution in [0.15, 0.2) is 194 Å². The zero-order valence-electron chi connectivity index (χ0n) is 34.4. The van der Waals surface area contributed by atoms with E-state index in [4.69, 9.17) is 0 Å². The first-order chi connectivity index (χ1) is 29.3. The summed E-state index contributed by atoms with van der Waals surface area (Å²) in [6.45, 7) is 9.56. The molecule has 1 aromatic heterocycles. The molecule has 0 saturated heterocycles. The summed E-state index contributed by atoms with van der Waals surface area (Å²) in [6.07, 6.45) is 0. The van der Waals surface area contributed by atoms with Crippen molar-refractivity contribution in [2.45, 2.75) is 38.5 Å². The highest BCUT2D eigenvalue weighted by molar-refractivity contribution is 6.15. The van der Waals surface area contributed by atoms with Gasteiger partial charge in [-0.15, -0.1) is 0 Å². The van der Waals surface area contributed by atoms with Gasteiger partial charge in [-0.05, 0) is 128 Å². The van der Waals surface area contributed by atoms with Crippen molar-refractivity contribution in [2.75, 3.05) is 4.90 Å². The largest absolute Gasteiger partial charge is 0.310 e. The fourth-order valence-corrected chi connectivity index (χ4v) is 10.7. The van der Waals surface area contributed by atoms with Gasteiger partial charge >= 0.3 is 0 Å². The Morgan fingerprint density at radius 2 is 0.933 bits per heavy atom. The number of aromatic nitrogens is 1. The van der Waals surface area contributed by atoms with E-state index in [1.54, 1.807) is 0 Å². The molecule has 0 unspecified atom stereocenters. The summed E-state index contributed by atoms with van der Waals surface area (Å²) in [6, 6.07) is 72.2. The third-order valence-electron chi connectivity index (χ3n) is 13.8. The first kappa shape index (κ1) is 34.8. The van der Waals surface area contributed by atoms with Crippen LogP contribution in [0.2, 0.25) is 0 Å². The van der Waals surface area contributed by atoms with Gasteiger partial charge in [0, 0.05) is 38.4 Å². The molecule has 0 fully saturated rings. The van der Waals surface area contributed by atoms with Gasteiger partial charge in [0.25, 0.3) is 0 Å². The molecule has 2 nitrogen and oxygen atoms in total. The van der Waals surface area contributed by atoms with E-state index < -0.39 is 0 Å². The average Bonchev–Trinajstić information content (AvgIpc) is 3.74. The number of anilines is 3. The van der Waals surface area contributed by atoms with Gasteiger partial charge in [-0.2, -0.15) is 0 Å². The third kappa shape index (κ3) is 4.88. The van der Waals surface area contributed by atoms with Gasteiger partial charge < -0.3 is 9.47 Å². The summed E-state index contributed by atoms with van der Waals surface area (Å²) in [5, 5.41) is 5.01. The molecule has 1 aliphatic heterocycles. The first-order valence-corrected chi connectivity index (χ1v) is 21.2. The molecule has 0 spiro atoms. The quantitative estimate of drug-likeness (QED) is 0.169. The number of para-hydroxylation sites is 3. The monoisotopic (exact) mass is 768 g/mol. The van der Waals surface area contributed by atoms with E-state index in [9.17, 15) is 0 Å². The fourth-order valence-electron chi connectivity index (χ4n) is 10.7. The number of hydrogen-bond acceptors (Lipinski definition) is 1. The molecule has 2 aliphatic rings. The van der Waals surface area contributed by atoms with Crippen molar-refractivity contribution in [3.8, 4) is 39.1 Å². The second kappa shape index (κ2) is 12.7. The minimum atomic E-state index is -0.195. The van der Waals surface area contributed by atoms with E-state index in [-0.39, 0.29) is 10.8 Å². The smallest absolute Gasteiger partial charge is 0.0582 e. The molecule has 0 N–H and O–H groups in total. The fraction of sp³-hybridized carbons (Fsp3) is 0.103. The van der Waals surface area contributed by atoms with Gasteiger partial charge in [0.1, 0.15) is 0 Å². The highest BCUT2D eigenvalue weighted by atomic mass is 15.1. The van der Waals surface area contributed by atoms with Gasteiger partial charge in [-0.25, -0.2) is 0 Å². The lowest BCUT2D eigenvalue weighted by molar-refractivity contribution is 0.630. The Hall–Kier alpha value is -7.16. The van der Waals surface area contributed by atoms with Gasteiger partial charge in [0.05, 0.1) is 22.4 Å². The predicted molar refractivity (Wildman–Crippen MR) is 254 cm³/mol. The molecule has 1 aliphatic carbocycles. The summed E-state index contributed by atoms with van der Waals surface area (Å²) in [5.74, 6) is 0. The SMILES string of the molecule is CC1(C)c2ccccc2-c2ccc(-c3cc4c5c(c3)c3cc(-c6ccc(N(c7ccccc7)c7ccccc7)c7ccccc67)ccc3n5-c3ccccc3C4(C)C)cc21. The number of fused-ring (bicyclic) bond motifs is 9. The Bertz CT molecular complexity index is 3330. The van der Waals surface area contributed by atoms with E-state index in [1.807, 2.05) is 0 Å². The molecular formula is C58H44N2. The van der Waals surface area contributed by atoms with Gasteiger partial charge in [-0.3, -0.25) is 0 Å². The molecule has 0 atom stereocenters. The molecule has 0 bridgehead atoms. The van der Waals surface area contributed by atoms with Crippen LogP contribution in [0, 0.1) is 0 Å². The standard InChI is InChI=1S/C58H44N2/c1-57(2)49-24-14-13-22-44(49)45-29-27-37(35-51(45)57)39-34-48-47-33-38(28-31-54(47)60-55-26-16-15-25-50(55)58(3,4)52(36-39)56(48)60)42-30-32-53(46-23-12-11-21-43(42)46)59(40-17-7-5-8-18-40)41-19-9-6-10-20-41/h5-36H,1-4H3. The lowest BCUT2D eigenvalue weighted by Crippen LogP contribution is -2.26. The lowest BCUT2D eigenvalue weighted by Gasteiger charge is -2.35. The van der Waals surface area contributed by atoms with Crippen LogP contribution in [0.5, 0.6) is 0 Å². The normalized spacial score (nSPS) is 14.3. The molecule has 0 radical (unpaired) electrons. The Balaban J connectivity index is 1.08. The van der Waals surface area contributed by atoms with Crippen LogP contribution < -0.4 is 4.90 Å². The van der Waals surface area contributed by atoms with Crippen molar-refractivity contribution >= 4 is 49.6 Å². The average molecular weight is 769 g/mol. The number of rotatable bonds is 5. The summed E-state index contributed by atoms with van der Waals surface area (Å²) in [7, 11) is 0. The summed E-state index contributed by atoms with van der Waals surface area (Å²) < 4.78 is 2.54. The maximum absolute atomic E-state index is 2.54. The van der Waals surface area contributed by atoms with Crippen LogP contribution >= 0.6 is 0 Å². The van der Waals surface area contributed by atoms with Crippen molar-refractivity contribution in [3.63, 3.8) is 0 Å².